The van der Waals surface area contributed by atoms with E-state index < -0.39 is 11.6 Å². The van der Waals surface area contributed by atoms with Crippen LogP contribution in [-0.2, 0) is 21.6 Å². The summed E-state index contributed by atoms with van der Waals surface area (Å²) < 4.78 is 7.09. The summed E-state index contributed by atoms with van der Waals surface area (Å²) in [6.07, 6.45) is 6.51. The van der Waals surface area contributed by atoms with Crippen molar-refractivity contribution in [3.8, 4) is 0 Å². The Bertz CT molecular complexity index is 1060. The van der Waals surface area contributed by atoms with Crippen LogP contribution < -0.4 is 5.11 Å². The van der Waals surface area contributed by atoms with E-state index in [1.54, 1.807) is 12.1 Å². The first-order valence-electron chi connectivity index (χ1n) is 12.8. The van der Waals surface area contributed by atoms with Gasteiger partial charge in [0.25, 0.3) is 0 Å². The van der Waals surface area contributed by atoms with E-state index in [-0.39, 0.29) is 6.10 Å². The topological polar surface area (TPSA) is 49.4 Å². The van der Waals surface area contributed by atoms with Crippen molar-refractivity contribution in [1.29, 1.82) is 0 Å². The summed E-state index contributed by atoms with van der Waals surface area (Å²) in [5.74, 6) is 0.266. The zero-order valence-corrected chi connectivity index (χ0v) is 22.2. The number of carbonyl (C=O) groups excluding carboxylic acids is 1. The van der Waals surface area contributed by atoms with Gasteiger partial charge in [0, 0.05) is 21.6 Å². The Morgan fingerprint density at radius 3 is 2.31 bits per heavy atom. The van der Waals surface area contributed by atoms with E-state index >= 15 is 0 Å². The first-order chi connectivity index (χ1) is 16.9. The van der Waals surface area contributed by atoms with Gasteiger partial charge >= 0.3 is 5.97 Å². The number of thiophene rings is 2. The highest BCUT2D eigenvalue weighted by Gasteiger charge is 2.57. The van der Waals surface area contributed by atoms with Gasteiger partial charge in [-0.3, -0.25) is 4.79 Å². The van der Waals surface area contributed by atoms with Crippen molar-refractivity contribution >= 4 is 28.6 Å². The number of rotatable bonds is 10. The number of ether oxygens (including phenoxy) is 1. The Balaban J connectivity index is 1.23. The van der Waals surface area contributed by atoms with Crippen LogP contribution in [0.15, 0.2) is 65.4 Å². The normalized spacial score (nSPS) is 24.1. The molecule has 1 aromatic carbocycles. The third-order valence-electron chi connectivity index (χ3n) is 8.19. The van der Waals surface area contributed by atoms with Crippen molar-refractivity contribution in [1.82, 2.24) is 0 Å². The summed E-state index contributed by atoms with van der Waals surface area (Å²) in [7, 11) is 4.69. The van der Waals surface area contributed by atoms with Crippen LogP contribution in [0.1, 0.15) is 47.4 Å². The predicted octanol–water partition coefficient (Wildman–Crippen LogP) is 5.22. The maximum Gasteiger partial charge on any atom is 0.306 e. The lowest BCUT2D eigenvalue weighted by Gasteiger charge is -2.40. The molecule has 2 aliphatic rings. The van der Waals surface area contributed by atoms with Crippen molar-refractivity contribution < 1.29 is 19.1 Å². The number of carbonyl (C=O) groups is 1. The molecule has 3 aromatic rings. The lowest BCUT2D eigenvalue weighted by atomic mass is 9.96. The second-order valence-corrected chi connectivity index (χ2v) is 12.6. The quantitative estimate of drug-likeness (QED) is 0.214. The van der Waals surface area contributed by atoms with Gasteiger partial charge in [-0.2, -0.15) is 0 Å². The Kier molecular flexibility index (Phi) is 7.18. The van der Waals surface area contributed by atoms with Crippen molar-refractivity contribution in [3.05, 3.63) is 80.7 Å². The van der Waals surface area contributed by atoms with Crippen molar-refractivity contribution in [2.75, 3.05) is 20.6 Å². The van der Waals surface area contributed by atoms with Crippen LogP contribution in [0.3, 0.4) is 0 Å². The van der Waals surface area contributed by atoms with Gasteiger partial charge in [0.1, 0.15) is 6.10 Å². The van der Waals surface area contributed by atoms with Crippen LogP contribution >= 0.6 is 22.7 Å². The SMILES string of the molecule is C[N+](C)(CCCCc1ccccc1)C1C2CC[C@@H]1[C@H](OC(=O)C([O-])(c1cccs1)c1cccs1)C2. The molecule has 2 saturated carbocycles. The molecule has 5 rings (SSSR count). The molecule has 4 atom stereocenters. The maximum absolute atomic E-state index is 14.0. The van der Waals surface area contributed by atoms with Gasteiger partial charge in [-0.15, -0.1) is 22.7 Å². The fraction of sp³-hybridized carbons (Fsp3) is 0.483. The highest BCUT2D eigenvalue weighted by Crippen LogP contribution is 2.51. The van der Waals surface area contributed by atoms with E-state index in [0.717, 1.165) is 30.3 Å². The predicted molar refractivity (Wildman–Crippen MR) is 140 cm³/mol. The number of aryl methyl sites for hydroxylation is 1. The molecule has 0 amide bonds. The number of quaternary nitrogens is 1. The third kappa shape index (κ3) is 4.86. The number of fused-ring (bicyclic) bond motifs is 2. The van der Waals surface area contributed by atoms with E-state index in [2.05, 4.69) is 44.4 Å². The molecule has 6 heteroatoms. The molecule has 0 aliphatic heterocycles. The zero-order chi connectivity index (χ0) is 24.5. The number of hydrogen-bond acceptors (Lipinski definition) is 5. The summed E-state index contributed by atoms with van der Waals surface area (Å²) in [6, 6.07) is 18.4. The minimum atomic E-state index is -1.97. The van der Waals surface area contributed by atoms with E-state index in [4.69, 9.17) is 4.74 Å². The van der Waals surface area contributed by atoms with Crippen LogP contribution in [0, 0.1) is 11.8 Å². The molecule has 2 fully saturated rings. The summed E-state index contributed by atoms with van der Waals surface area (Å²) in [6.45, 7) is 1.13. The average Bonchev–Trinajstić information content (AvgIpc) is 3.66. The number of benzene rings is 1. The maximum atomic E-state index is 14.0. The van der Waals surface area contributed by atoms with Crippen LogP contribution in [0.4, 0.5) is 0 Å². The number of esters is 1. The van der Waals surface area contributed by atoms with E-state index in [9.17, 15) is 9.90 Å². The van der Waals surface area contributed by atoms with Crippen molar-refractivity contribution in [2.24, 2.45) is 11.8 Å². The minimum Gasteiger partial charge on any atom is -0.833 e. The molecule has 186 valence electrons. The van der Waals surface area contributed by atoms with Crippen LogP contribution in [-0.4, -0.2) is 43.2 Å². The molecule has 4 nitrogen and oxygen atoms in total. The van der Waals surface area contributed by atoms with Gasteiger partial charge in [-0.25, -0.2) is 0 Å². The summed E-state index contributed by atoms with van der Waals surface area (Å²) in [4.78, 5) is 14.5. The average molecular weight is 510 g/mol. The molecule has 35 heavy (non-hydrogen) atoms. The smallest absolute Gasteiger partial charge is 0.306 e. The molecular weight excluding hydrogens is 474 g/mol. The first kappa shape index (κ1) is 24.7. The number of unbranched alkanes of at least 4 members (excludes halogenated alkanes) is 1. The molecule has 2 heterocycles. The number of nitrogens with zero attached hydrogens (tertiary/aromatic N) is 1. The second-order valence-electron chi connectivity index (χ2n) is 10.8. The van der Waals surface area contributed by atoms with Crippen LogP contribution in [0.2, 0.25) is 0 Å². The Morgan fingerprint density at radius 1 is 1.00 bits per heavy atom. The van der Waals surface area contributed by atoms with Crippen molar-refractivity contribution in [3.63, 3.8) is 0 Å². The molecule has 2 aliphatic carbocycles. The Morgan fingerprint density at radius 2 is 1.69 bits per heavy atom. The molecule has 2 aromatic heterocycles. The molecule has 0 spiro atoms. The van der Waals surface area contributed by atoms with E-state index in [0.29, 0.717) is 27.6 Å². The highest BCUT2D eigenvalue weighted by atomic mass is 32.1. The first-order valence-corrected chi connectivity index (χ1v) is 14.5. The zero-order valence-electron chi connectivity index (χ0n) is 20.6. The standard InChI is InChI=1S/C29H35NO3S2/c1-30(2,17-7-6-12-21-10-4-3-5-11-21)27-22-15-16-23(27)24(20-22)33-28(31)29(32,25-13-8-18-34-25)26-14-9-19-35-26/h3-5,8-11,13-14,18-19,22-24,27H,6-7,12,15-17,20H2,1-2H3/t22?,23-,24-,27?/m1/s1. The van der Waals surface area contributed by atoms with Gasteiger partial charge in [-0.1, -0.05) is 42.5 Å². The van der Waals surface area contributed by atoms with E-state index in [1.807, 2.05) is 22.9 Å². The molecule has 0 saturated heterocycles. The lowest BCUT2D eigenvalue weighted by molar-refractivity contribution is -0.919. The minimum absolute atomic E-state index is 0.152. The van der Waals surface area contributed by atoms with Gasteiger partial charge in [0.15, 0.2) is 0 Å². The lowest BCUT2D eigenvalue weighted by Crippen LogP contribution is -2.53. The number of hydrogen-bond donors (Lipinski definition) is 0. The summed E-state index contributed by atoms with van der Waals surface area (Å²) in [5.41, 5.74) is -0.565. The molecule has 2 bridgehead atoms. The molecule has 0 radical (unpaired) electrons. The van der Waals surface area contributed by atoms with Crippen LogP contribution in [0.25, 0.3) is 0 Å². The summed E-state index contributed by atoms with van der Waals surface area (Å²) in [5, 5.41) is 17.7. The van der Waals surface area contributed by atoms with Gasteiger partial charge < -0.3 is 14.3 Å². The van der Waals surface area contributed by atoms with Crippen LogP contribution in [0.5, 0.6) is 0 Å². The monoisotopic (exact) mass is 509 g/mol. The Labute approximate surface area is 216 Å². The molecular formula is C29H35NO3S2. The second kappa shape index (κ2) is 10.2. The molecule has 2 unspecified atom stereocenters. The Hall–Kier alpha value is -1.99. The largest absolute Gasteiger partial charge is 0.833 e. The van der Waals surface area contributed by atoms with Gasteiger partial charge in [-0.05, 0) is 67.0 Å². The van der Waals surface area contributed by atoms with Gasteiger partial charge in [0.2, 0.25) is 0 Å². The summed E-state index contributed by atoms with van der Waals surface area (Å²) >= 11 is 2.67. The van der Waals surface area contributed by atoms with Gasteiger partial charge in [0.05, 0.1) is 32.3 Å². The molecule has 0 N–H and O–H groups in total. The third-order valence-corrected chi connectivity index (χ3v) is 10.1. The fourth-order valence-electron chi connectivity index (χ4n) is 6.60. The fourth-order valence-corrected chi connectivity index (χ4v) is 8.31. The highest BCUT2D eigenvalue weighted by molar-refractivity contribution is 7.12. The van der Waals surface area contributed by atoms with E-state index in [1.165, 1.54) is 47.5 Å². The van der Waals surface area contributed by atoms with Crippen molar-refractivity contribution in [2.45, 2.75) is 56.3 Å².